The standard InChI is InChI=1S/C18H21NO4/c1-3-8-15(16(20)4-2)17(21)19-14(12-23-18(19)22)11-13-9-6-5-7-10-13/h3-7,9-10,14-16,20H,1-2,8,11-12H2/t14?,15-,16-/m0/s1. The number of cyclic esters (lactones) is 1. The van der Waals surface area contributed by atoms with Crippen molar-refractivity contribution in [2.75, 3.05) is 6.61 Å². The first kappa shape index (κ1) is 17.0. The number of ether oxygens (including phenoxy) is 1. The predicted molar refractivity (Wildman–Crippen MR) is 86.6 cm³/mol. The van der Waals surface area contributed by atoms with Crippen LogP contribution in [0.5, 0.6) is 0 Å². The second-order valence-corrected chi connectivity index (χ2v) is 5.49. The number of hydrogen-bond acceptors (Lipinski definition) is 4. The van der Waals surface area contributed by atoms with E-state index < -0.39 is 24.0 Å². The highest BCUT2D eigenvalue weighted by atomic mass is 16.6. The molecule has 122 valence electrons. The SMILES string of the molecule is C=CC[C@H](C(=O)N1C(=O)OCC1Cc1ccccc1)[C@@H](O)C=C. The van der Waals surface area contributed by atoms with Crippen molar-refractivity contribution < 1.29 is 19.4 Å². The van der Waals surface area contributed by atoms with Gasteiger partial charge in [0.1, 0.15) is 6.61 Å². The Balaban J connectivity index is 2.19. The molecule has 5 heteroatoms. The normalized spacial score (nSPS) is 19.8. The minimum atomic E-state index is -1.04. The van der Waals surface area contributed by atoms with Crippen LogP contribution in [0, 0.1) is 5.92 Å². The fourth-order valence-electron chi connectivity index (χ4n) is 2.68. The largest absolute Gasteiger partial charge is 0.447 e. The van der Waals surface area contributed by atoms with Gasteiger partial charge in [0.2, 0.25) is 5.91 Å². The highest BCUT2D eigenvalue weighted by molar-refractivity contribution is 5.95. The third kappa shape index (κ3) is 3.87. The van der Waals surface area contributed by atoms with E-state index in [1.165, 1.54) is 6.08 Å². The summed E-state index contributed by atoms with van der Waals surface area (Å²) in [6.07, 6.45) is 1.91. The molecule has 0 saturated carbocycles. The van der Waals surface area contributed by atoms with Crippen LogP contribution in [0.4, 0.5) is 4.79 Å². The summed E-state index contributed by atoms with van der Waals surface area (Å²) in [5.74, 6) is -1.24. The Morgan fingerprint density at radius 3 is 2.70 bits per heavy atom. The molecular formula is C18H21NO4. The van der Waals surface area contributed by atoms with Gasteiger partial charge in [0.05, 0.1) is 18.1 Å². The summed E-state index contributed by atoms with van der Waals surface area (Å²) in [7, 11) is 0. The fraction of sp³-hybridized carbons (Fsp3) is 0.333. The van der Waals surface area contributed by atoms with Crippen LogP contribution >= 0.6 is 0 Å². The summed E-state index contributed by atoms with van der Waals surface area (Å²) in [5, 5.41) is 9.98. The quantitative estimate of drug-likeness (QED) is 0.784. The van der Waals surface area contributed by atoms with Crippen LogP contribution in [0.1, 0.15) is 12.0 Å². The second kappa shape index (κ2) is 7.74. The number of rotatable bonds is 7. The van der Waals surface area contributed by atoms with Gasteiger partial charge in [0, 0.05) is 0 Å². The zero-order valence-electron chi connectivity index (χ0n) is 12.9. The molecular weight excluding hydrogens is 294 g/mol. The number of amides is 2. The van der Waals surface area contributed by atoms with Crippen LogP contribution in [-0.2, 0) is 16.0 Å². The van der Waals surface area contributed by atoms with E-state index in [1.54, 1.807) is 6.08 Å². The monoisotopic (exact) mass is 315 g/mol. The van der Waals surface area contributed by atoms with Crippen LogP contribution in [-0.4, -0.2) is 40.8 Å². The van der Waals surface area contributed by atoms with Crippen LogP contribution < -0.4 is 0 Å². The van der Waals surface area contributed by atoms with E-state index in [0.29, 0.717) is 6.42 Å². The van der Waals surface area contributed by atoms with E-state index in [2.05, 4.69) is 13.2 Å². The Kier molecular flexibility index (Phi) is 5.71. The second-order valence-electron chi connectivity index (χ2n) is 5.49. The molecule has 1 unspecified atom stereocenters. The van der Waals surface area contributed by atoms with Gasteiger partial charge in [-0.2, -0.15) is 0 Å². The predicted octanol–water partition coefficient (Wildman–Crippen LogP) is 2.32. The summed E-state index contributed by atoms with van der Waals surface area (Å²) in [6, 6.07) is 9.21. The minimum Gasteiger partial charge on any atom is -0.447 e. The van der Waals surface area contributed by atoms with Crippen LogP contribution in [0.25, 0.3) is 0 Å². The van der Waals surface area contributed by atoms with E-state index in [0.717, 1.165) is 10.5 Å². The number of carbonyl (C=O) groups excluding carboxylic acids is 2. The van der Waals surface area contributed by atoms with E-state index in [1.807, 2.05) is 30.3 Å². The molecule has 0 aliphatic carbocycles. The van der Waals surface area contributed by atoms with Crippen LogP contribution in [0.2, 0.25) is 0 Å². The topological polar surface area (TPSA) is 66.8 Å². The molecule has 1 aromatic carbocycles. The lowest BCUT2D eigenvalue weighted by molar-refractivity contribution is -0.136. The van der Waals surface area contributed by atoms with Gasteiger partial charge in [-0.3, -0.25) is 4.79 Å². The lowest BCUT2D eigenvalue weighted by atomic mass is 9.95. The van der Waals surface area contributed by atoms with E-state index >= 15 is 0 Å². The van der Waals surface area contributed by atoms with E-state index in [4.69, 9.17) is 4.74 Å². The van der Waals surface area contributed by atoms with Crippen molar-refractivity contribution in [1.29, 1.82) is 0 Å². The third-order valence-corrected chi connectivity index (χ3v) is 3.90. The molecule has 1 heterocycles. The smallest absolute Gasteiger partial charge is 0.416 e. The third-order valence-electron chi connectivity index (χ3n) is 3.90. The lowest BCUT2D eigenvalue weighted by Crippen LogP contribution is -2.46. The number of hydrogen-bond donors (Lipinski definition) is 1. The number of imide groups is 1. The molecule has 3 atom stereocenters. The number of aliphatic hydroxyl groups excluding tert-OH is 1. The summed E-state index contributed by atoms with van der Waals surface area (Å²) < 4.78 is 5.05. The molecule has 1 aromatic rings. The number of benzene rings is 1. The molecule has 0 bridgehead atoms. The number of allylic oxidation sites excluding steroid dienone is 1. The Morgan fingerprint density at radius 2 is 2.09 bits per heavy atom. The molecule has 23 heavy (non-hydrogen) atoms. The van der Waals surface area contributed by atoms with E-state index in [-0.39, 0.29) is 19.1 Å². The number of nitrogens with zero attached hydrogens (tertiary/aromatic N) is 1. The van der Waals surface area contributed by atoms with Crippen molar-refractivity contribution in [3.05, 3.63) is 61.2 Å². The number of carbonyl (C=O) groups is 2. The zero-order chi connectivity index (χ0) is 16.8. The van der Waals surface area contributed by atoms with Crippen LogP contribution in [0.15, 0.2) is 55.6 Å². The van der Waals surface area contributed by atoms with Gasteiger partial charge in [0.25, 0.3) is 0 Å². The van der Waals surface area contributed by atoms with Crippen LogP contribution in [0.3, 0.4) is 0 Å². The van der Waals surface area contributed by atoms with E-state index in [9.17, 15) is 14.7 Å². The Morgan fingerprint density at radius 1 is 1.39 bits per heavy atom. The summed E-state index contributed by atoms with van der Waals surface area (Å²) in [5.41, 5.74) is 1.01. The maximum absolute atomic E-state index is 12.7. The molecule has 1 saturated heterocycles. The molecule has 1 N–H and O–H groups in total. The molecule has 0 radical (unpaired) electrons. The molecule has 2 rings (SSSR count). The molecule has 5 nitrogen and oxygen atoms in total. The average molecular weight is 315 g/mol. The van der Waals surface area contributed by atoms with Gasteiger partial charge in [-0.1, -0.05) is 42.5 Å². The maximum Gasteiger partial charge on any atom is 0.416 e. The van der Waals surface area contributed by atoms with Gasteiger partial charge in [-0.25, -0.2) is 9.69 Å². The van der Waals surface area contributed by atoms with Gasteiger partial charge in [0.15, 0.2) is 0 Å². The van der Waals surface area contributed by atoms with Gasteiger partial charge < -0.3 is 9.84 Å². The first-order chi connectivity index (χ1) is 11.1. The molecule has 0 spiro atoms. The molecule has 1 aliphatic heterocycles. The average Bonchev–Trinajstić information content (AvgIpc) is 2.92. The Labute approximate surface area is 135 Å². The zero-order valence-corrected chi connectivity index (χ0v) is 12.9. The molecule has 2 amide bonds. The Bertz CT molecular complexity index is 584. The van der Waals surface area contributed by atoms with Crippen molar-refractivity contribution in [2.24, 2.45) is 5.92 Å². The molecule has 1 aliphatic rings. The summed E-state index contributed by atoms with van der Waals surface area (Å²) in [4.78, 5) is 25.8. The van der Waals surface area contributed by atoms with Crippen molar-refractivity contribution in [2.45, 2.75) is 25.0 Å². The highest BCUT2D eigenvalue weighted by Crippen LogP contribution is 2.23. The fourth-order valence-corrected chi connectivity index (χ4v) is 2.68. The summed E-state index contributed by atoms with van der Waals surface area (Å²) >= 11 is 0. The van der Waals surface area contributed by atoms with Gasteiger partial charge >= 0.3 is 6.09 Å². The van der Waals surface area contributed by atoms with Crippen molar-refractivity contribution >= 4 is 12.0 Å². The van der Waals surface area contributed by atoms with Gasteiger partial charge in [-0.05, 0) is 18.4 Å². The van der Waals surface area contributed by atoms with Crippen molar-refractivity contribution in [3.63, 3.8) is 0 Å². The molecule has 0 aromatic heterocycles. The maximum atomic E-state index is 12.7. The summed E-state index contributed by atoms with van der Waals surface area (Å²) in [6.45, 7) is 7.26. The highest BCUT2D eigenvalue weighted by Gasteiger charge is 2.41. The number of aliphatic hydroxyl groups is 1. The molecule has 1 fully saturated rings. The first-order valence-electron chi connectivity index (χ1n) is 7.53. The van der Waals surface area contributed by atoms with Crippen molar-refractivity contribution in [1.82, 2.24) is 4.90 Å². The van der Waals surface area contributed by atoms with Crippen molar-refractivity contribution in [3.8, 4) is 0 Å². The Hall–Kier alpha value is -2.40. The lowest BCUT2D eigenvalue weighted by Gasteiger charge is -2.26. The minimum absolute atomic E-state index is 0.157. The first-order valence-corrected chi connectivity index (χ1v) is 7.53. The van der Waals surface area contributed by atoms with Gasteiger partial charge in [-0.15, -0.1) is 13.2 Å².